The van der Waals surface area contributed by atoms with E-state index in [4.69, 9.17) is 9.29 Å². The summed E-state index contributed by atoms with van der Waals surface area (Å²) < 4.78 is 16.2. The summed E-state index contributed by atoms with van der Waals surface area (Å²) in [6.45, 7) is 1.97. The van der Waals surface area contributed by atoms with E-state index in [2.05, 4.69) is 0 Å². The van der Waals surface area contributed by atoms with Gasteiger partial charge in [-0.05, 0) is 19.1 Å². The average Bonchev–Trinajstić information content (AvgIpc) is 2.15. The number of rotatable bonds is 4. The molecule has 0 aliphatic heterocycles. The molecule has 1 atom stereocenters. The molecule has 0 bridgehead atoms. The van der Waals surface area contributed by atoms with E-state index in [1.165, 1.54) is 0 Å². The summed E-state index contributed by atoms with van der Waals surface area (Å²) in [4.78, 5) is 0.661. The molecule has 1 aromatic rings. The van der Waals surface area contributed by atoms with Crippen LogP contribution in [-0.4, -0.2) is 18.3 Å². The van der Waals surface area contributed by atoms with E-state index in [9.17, 15) is 4.21 Å². The quantitative estimate of drug-likeness (QED) is 0.583. The Morgan fingerprint density at radius 2 is 2.00 bits per heavy atom. The number of benzene rings is 1. The predicted molar refractivity (Wildman–Crippen MR) is 51.9 cm³/mol. The van der Waals surface area contributed by atoms with Crippen LogP contribution in [-0.2, 0) is 19.5 Å². The molecule has 13 heavy (non-hydrogen) atoms. The summed E-state index contributed by atoms with van der Waals surface area (Å²) >= 11 is -1.80. The van der Waals surface area contributed by atoms with Crippen LogP contribution in [0.1, 0.15) is 5.56 Å². The first-order chi connectivity index (χ1) is 6.24. The molecule has 1 N–H and O–H groups in total. The average molecular weight is 201 g/mol. The van der Waals surface area contributed by atoms with E-state index in [0.717, 1.165) is 5.56 Å². The number of aryl methyl sites for hydroxylation is 1. The van der Waals surface area contributed by atoms with Crippen LogP contribution in [0.15, 0.2) is 29.2 Å². The fourth-order valence-corrected chi connectivity index (χ4v) is 1.65. The summed E-state index contributed by atoms with van der Waals surface area (Å²) in [5.41, 5.74) is 1.12. The largest absolute Gasteiger partial charge is 0.394 e. The lowest BCUT2D eigenvalue weighted by atomic mass is 10.2. The van der Waals surface area contributed by atoms with Crippen molar-refractivity contribution in [1.29, 1.82) is 0 Å². The summed E-state index contributed by atoms with van der Waals surface area (Å²) in [5, 5.41) is 8.45. The molecule has 0 aliphatic rings. The molecule has 1 rings (SSSR count). The van der Waals surface area contributed by atoms with Crippen molar-refractivity contribution in [2.24, 2.45) is 0 Å². The van der Waals surface area contributed by atoms with E-state index in [0.29, 0.717) is 4.90 Å². The second-order valence-corrected chi connectivity index (χ2v) is 3.94. The lowest BCUT2D eigenvalue weighted by molar-refractivity contribution is 0.212. The zero-order valence-electron chi connectivity index (χ0n) is 7.43. The first kappa shape index (κ1) is 10.4. The number of hydrogen-bond acceptors (Lipinski definition) is 3. The van der Waals surface area contributed by atoms with Gasteiger partial charge >= 0.3 is 0 Å². The summed E-state index contributed by atoms with van der Waals surface area (Å²) in [5.74, 6) is 0. The molecule has 72 valence electrons. The van der Waals surface area contributed by atoms with Gasteiger partial charge in [-0.1, -0.05) is 21.9 Å². The molecule has 3 nitrogen and oxygen atoms in total. The van der Waals surface area contributed by atoms with Gasteiger partial charge in [0.2, 0.25) is 11.1 Å². The van der Waals surface area contributed by atoms with Crippen molar-refractivity contribution in [3.63, 3.8) is 0 Å². The van der Waals surface area contributed by atoms with Crippen molar-refractivity contribution in [3.05, 3.63) is 29.8 Å². The Labute approximate surface area is 80.0 Å². The van der Waals surface area contributed by atoms with Gasteiger partial charge in [0.1, 0.15) is 6.61 Å². The van der Waals surface area contributed by atoms with Crippen LogP contribution < -0.4 is 0 Å². The third-order valence-corrected chi connectivity index (χ3v) is 2.68. The van der Waals surface area contributed by atoms with E-state index in [-0.39, 0.29) is 13.2 Å². The smallest absolute Gasteiger partial charge is 0.238 e. The number of aliphatic hydroxyl groups excluding tert-OH is 1. The number of thiol groups is 1. The van der Waals surface area contributed by atoms with Crippen molar-refractivity contribution >= 4 is 11.1 Å². The Morgan fingerprint density at radius 3 is 2.54 bits per heavy atom. The Morgan fingerprint density at radius 1 is 1.38 bits per heavy atom. The van der Waals surface area contributed by atoms with Crippen LogP contribution >= 0.6 is 0 Å². The zero-order chi connectivity index (χ0) is 9.68. The van der Waals surface area contributed by atoms with Crippen LogP contribution in [0.4, 0.5) is 0 Å². The molecule has 0 saturated heterocycles. The molecule has 0 aromatic heterocycles. The fraction of sp³-hybridized carbons (Fsp3) is 0.333. The van der Waals surface area contributed by atoms with E-state index in [1.54, 1.807) is 12.1 Å². The van der Waals surface area contributed by atoms with E-state index in [1.807, 2.05) is 19.1 Å². The Balaban J connectivity index is 2.61. The molecule has 0 aliphatic carbocycles. The number of aliphatic hydroxyl groups is 1. The third kappa shape index (κ3) is 3.26. The van der Waals surface area contributed by atoms with Crippen molar-refractivity contribution in [1.82, 2.24) is 0 Å². The first-order valence-electron chi connectivity index (χ1n) is 4.02. The maximum Gasteiger partial charge on any atom is 0.238 e. The lowest BCUT2D eigenvalue weighted by Crippen LogP contribution is -2.02. The summed E-state index contributed by atoms with van der Waals surface area (Å²) in [6, 6.07) is 7.30. The highest BCUT2D eigenvalue weighted by Crippen LogP contribution is 2.09. The van der Waals surface area contributed by atoms with E-state index >= 15 is 0 Å². The lowest BCUT2D eigenvalue weighted by Gasteiger charge is -1.95. The molecule has 1 aromatic carbocycles. The minimum atomic E-state index is -1.80. The van der Waals surface area contributed by atoms with Gasteiger partial charge < -0.3 is 5.11 Å². The second kappa shape index (κ2) is 5.11. The minimum absolute atomic E-state index is 0.104. The van der Waals surface area contributed by atoms with Crippen LogP contribution in [0.25, 0.3) is 0 Å². The zero-order valence-corrected chi connectivity index (χ0v) is 8.33. The SMILES string of the molecule is Cc1ccc([SH+](=O)OCCO)cc1. The molecule has 0 amide bonds. The van der Waals surface area contributed by atoms with Crippen molar-refractivity contribution in [2.45, 2.75) is 11.8 Å². The molecular weight excluding hydrogens is 188 g/mol. The van der Waals surface area contributed by atoms with Crippen molar-refractivity contribution < 1.29 is 13.5 Å². The maximum absolute atomic E-state index is 11.3. The molecule has 0 spiro atoms. The Kier molecular flexibility index (Phi) is 4.08. The first-order valence-corrected chi connectivity index (χ1v) is 5.19. The predicted octanol–water partition coefficient (Wildman–Crippen LogP) is 0.974. The third-order valence-electron chi connectivity index (χ3n) is 1.54. The van der Waals surface area contributed by atoms with Gasteiger partial charge in [0.15, 0.2) is 4.90 Å². The molecule has 1 unspecified atom stereocenters. The minimum Gasteiger partial charge on any atom is -0.394 e. The van der Waals surface area contributed by atoms with Crippen LogP contribution in [0.5, 0.6) is 0 Å². The molecule has 0 fully saturated rings. The van der Waals surface area contributed by atoms with Crippen LogP contribution in [0, 0.1) is 6.92 Å². The van der Waals surface area contributed by atoms with E-state index < -0.39 is 11.1 Å². The number of hydrogen-bond donors (Lipinski definition) is 1. The topological polar surface area (TPSA) is 46.5 Å². The van der Waals surface area contributed by atoms with Crippen LogP contribution in [0.2, 0.25) is 0 Å². The molecule has 0 heterocycles. The summed E-state index contributed by atoms with van der Waals surface area (Å²) in [6.07, 6.45) is 0. The molecule has 0 saturated carbocycles. The maximum atomic E-state index is 11.3. The molecule has 0 radical (unpaired) electrons. The monoisotopic (exact) mass is 201 g/mol. The Bertz CT molecular complexity index is 281. The van der Waals surface area contributed by atoms with Gasteiger partial charge in [0.05, 0.1) is 6.61 Å². The van der Waals surface area contributed by atoms with Crippen molar-refractivity contribution in [3.8, 4) is 0 Å². The summed E-state index contributed by atoms with van der Waals surface area (Å²) in [7, 11) is 0. The van der Waals surface area contributed by atoms with Gasteiger partial charge in [-0.15, -0.1) is 0 Å². The highest BCUT2D eigenvalue weighted by molar-refractivity contribution is 7.80. The molecular formula is C9H13O3S+. The fourth-order valence-electron chi connectivity index (χ4n) is 0.865. The van der Waals surface area contributed by atoms with Gasteiger partial charge in [0, 0.05) is 0 Å². The molecule has 4 heteroatoms. The van der Waals surface area contributed by atoms with Gasteiger partial charge in [-0.2, -0.15) is 4.18 Å². The van der Waals surface area contributed by atoms with Gasteiger partial charge in [-0.25, -0.2) is 0 Å². The standard InChI is InChI=1S/C9H12O3S/c1-8-2-4-9(5-3-8)13(11)12-7-6-10/h2-5,10H,6-7H2,1H3/p+1. The van der Waals surface area contributed by atoms with Crippen LogP contribution in [0.3, 0.4) is 0 Å². The second-order valence-electron chi connectivity index (χ2n) is 2.65. The van der Waals surface area contributed by atoms with Crippen molar-refractivity contribution in [2.75, 3.05) is 13.2 Å². The highest BCUT2D eigenvalue weighted by atomic mass is 32.2. The Hall–Kier alpha value is -0.710. The normalized spacial score (nSPS) is 12.8. The van der Waals surface area contributed by atoms with Gasteiger partial charge in [0.25, 0.3) is 0 Å². The van der Waals surface area contributed by atoms with Gasteiger partial charge in [-0.3, -0.25) is 0 Å². The highest BCUT2D eigenvalue weighted by Gasteiger charge is 2.09.